The third kappa shape index (κ3) is 3.86. The fourth-order valence-corrected chi connectivity index (χ4v) is 2.16. The monoisotopic (exact) mass is 362 g/mol. The number of hydrogen-bond donors (Lipinski definition) is 3. The Bertz CT molecular complexity index is 518. The van der Waals surface area contributed by atoms with Crippen LogP contribution >= 0.6 is 27.5 Å². The lowest BCUT2D eigenvalue weighted by atomic mass is 9.93. The van der Waals surface area contributed by atoms with Crippen molar-refractivity contribution in [3.05, 3.63) is 27.7 Å². The highest BCUT2D eigenvalue weighted by atomic mass is 79.9. The second-order valence-corrected chi connectivity index (χ2v) is 5.56. The van der Waals surface area contributed by atoms with Crippen molar-refractivity contribution < 1.29 is 14.7 Å². The lowest BCUT2D eigenvalue weighted by Gasteiger charge is -2.28. The van der Waals surface area contributed by atoms with Crippen molar-refractivity contribution in [1.82, 2.24) is 5.32 Å². The number of benzene rings is 1. The number of hydrogen-bond acceptors (Lipinski definition) is 2. The van der Waals surface area contributed by atoms with Gasteiger partial charge in [-0.25, -0.2) is 9.59 Å². The summed E-state index contributed by atoms with van der Waals surface area (Å²) in [6.45, 7) is 3.43. The van der Waals surface area contributed by atoms with Gasteiger partial charge >= 0.3 is 12.0 Å². The standard InChI is InChI=1S/C13H16BrClN2O3/c1-3-13(4-2,11(18)19)17-12(20)16-8-5-6-9(14)10(15)7-8/h5-7H,3-4H2,1-2H3,(H,18,19)(H2,16,17,20). The van der Waals surface area contributed by atoms with Crippen LogP contribution in [0.15, 0.2) is 22.7 Å². The summed E-state index contributed by atoms with van der Waals surface area (Å²) in [6.07, 6.45) is 0.598. The Morgan fingerprint density at radius 2 is 1.95 bits per heavy atom. The van der Waals surface area contributed by atoms with E-state index in [2.05, 4.69) is 26.6 Å². The molecule has 0 fully saturated rings. The number of halogens is 2. The molecule has 0 saturated heterocycles. The lowest BCUT2D eigenvalue weighted by Crippen LogP contribution is -2.54. The molecule has 0 aliphatic heterocycles. The summed E-state index contributed by atoms with van der Waals surface area (Å²) in [5.41, 5.74) is -0.773. The second-order valence-electron chi connectivity index (χ2n) is 4.30. The number of rotatable bonds is 5. The maximum atomic E-state index is 11.9. The molecular formula is C13H16BrClN2O3. The summed E-state index contributed by atoms with van der Waals surface area (Å²) in [5, 5.41) is 14.8. The number of amides is 2. The molecular weight excluding hydrogens is 348 g/mol. The van der Waals surface area contributed by atoms with Crippen molar-refractivity contribution in [2.75, 3.05) is 5.32 Å². The van der Waals surface area contributed by atoms with E-state index in [1.54, 1.807) is 32.0 Å². The molecule has 0 saturated carbocycles. The Labute approximate surface area is 130 Å². The first kappa shape index (κ1) is 16.8. The van der Waals surface area contributed by atoms with Gasteiger partial charge in [-0.3, -0.25) is 0 Å². The molecule has 0 aliphatic rings. The number of carboxylic acid groups (broad SMARTS) is 1. The molecule has 7 heteroatoms. The minimum absolute atomic E-state index is 0.299. The van der Waals surface area contributed by atoms with Gasteiger partial charge in [0.25, 0.3) is 0 Å². The molecule has 1 aromatic rings. The third-order valence-corrected chi connectivity index (χ3v) is 4.38. The van der Waals surface area contributed by atoms with E-state index in [-0.39, 0.29) is 0 Å². The Hall–Kier alpha value is -1.27. The summed E-state index contributed by atoms with van der Waals surface area (Å²) in [5.74, 6) is -1.05. The number of nitrogens with one attached hydrogen (secondary N) is 2. The van der Waals surface area contributed by atoms with Crippen LogP contribution in [0.25, 0.3) is 0 Å². The third-order valence-electron chi connectivity index (χ3n) is 3.15. The molecule has 2 amide bonds. The number of urea groups is 1. The van der Waals surface area contributed by atoms with Crippen LogP contribution < -0.4 is 10.6 Å². The maximum absolute atomic E-state index is 11.9. The van der Waals surface area contributed by atoms with Crippen LogP contribution in [0.4, 0.5) is 10.5 Å². The molecule has 0 aliphatic carbocycles. The Morgan fingerprint density at radius 3 is 2.40 bits per heavy atom. The van der Waals surface area contributed by atoms with Gasteiger partial charge in [-0.05, 0) is 47.0 Å². The zero-order chi connectivity index (χ0) is 15.3. The van der Waals surface area contributed by atoms with E-state index in [0.717, 1.165) is 0 Å². The zero-order valence-electron chi connectivity index (χ0n) is 11.2. The Kier molecular flexibility index (Phi) is 5.83. The first-order valence-electron chi connectivity index (χ1n) is 6.12. The van der Waals surface area contributed by atoms with E-state index in [1.807, 2.05) is 0 Å². The molecule has 0 spiro atoms. The van der Waals surface area contributed by atoms with Crippen LogP contribution in [0, 0.1) is 0 Å². The molecule has 3 N–H and O–H groups in total. The largest absolute Gasteiger partial charge is 0.480 e. The van der Waals surface area contributed by atoms with E-state index in [1.165, 1.54) is 0 Å². The van der Waals surface area contributed by atoms with E-state index < -0.39 is 17.5 Å². The van der Waals surface area contributed by atoms with Crippen molar-refractivity contribution >= 4 is 45.2 Å². The lowest BCUT2D eigenvalue weighted by molar-refractivity contribution is -0.144. The van der Waals surface area contributed by atoms with Crippen LogP contribution in [0.1, 0.15) is 26.7 Å². The number of carbonyl (C=O) groups excluding carboxylic acids is 1. The van der Waals surface area contributed by atoms with Gasteiger partial charge in [0, 0.05) is 10.2 Å². The molecule has 0 aromatic heterocycles. The van der Waals surface area contributed by atoms with Crippen molar-refractivity contribution in [2.24, 2.45) is 0 Å². The van der Waals surface area contributed by atoms with Crippen molar-refractivity contribution in [3.63, 3.8) is 0 Å². The summed E-state index contributed by atoms with van der Waals surface area (Å²) < 4.78 is 0.715. The molecule has 5 nitrogen and oxygen atoms in total. The minimum Gasteiger partial charge on any atom is -0.480 e. The minimum atomic E-state index is -1.26. The fourth-order valence-electron chi connectivity index (χ4n) is 1.74. The van der Waals surface area contributed by atoms with Crippen LogP contribution in [0.3, 0.4) is 0 Å². The number of carboxylic acids is 1. The summed E-state index contributed by atoms with van der Waals surface area (Å²) in [4.78, 5) is 23.2. The zero-order valence-corrected chi connectivity index (χ0v) is 13.5. The molecule has 110 valence electrons. The van der Waals surface area contributed by atoms with Gasteiger partial charge in [-0.2, -0.15) is 0 Å². The normalized spacial score (nSPS) is 11.0. The molecule has 0 unspecified atom stereocenters. The molecule has 0 atom stereocenters. The van der Waals surface area contributed by atoms with Crippen LogP contribution in [0.5, 0.6) is 0 Å². The highest BCUT2D eigenvalue weighted by Crippen LogP contribution is 2.25. The molecule has 0 bridgehead atoms. The second kappa shape index (κ2) is 6.95. The summed E-state index contributed by atoms with van der Waals surface area (Å²) in [7, 11) is 0. The van der Waals surface area contributed by atoms with Gasteiger partial charge in [0.2, 0.25) is 0 Å². The first-order chi connectivity index (χ1) is 9.34. The average molecular weight is 364 g/mol. The van der Waals surface area contributed by atoms with Gasteiger partial charge in [-0.1, -0.05) is 25.4 Å². The molecule has 1 aromatic carbocycles. The van der Waals surface area contributed by atoms with Gasteiger partial charge in [-0.15, -0.1) is 0 Å². The number of carbonyl (C=O) groups is 2. The first-order valence-corrected chi connectivity index (χ1v) is 7.29. The molecule has 0 heterocycles. The van der Waals surface area contributed by atoms with Crippen LogP contribution in [-0.2, 0) is 4.79 Å². The Balaban J connectivity index is 2.80. The van der Waals surface area contributed by atoms with E-state index in [0.29, 0.717) is 28.0 Å². The fraction of sp³-hybridized carbons (Fsp3) is 0.385. The number of anilines is 1. The average Bonchev–Trinajstić information content (AvgIpc) is 2.40. The molecule has 20 heavy (non-hydrogen) atoms. The van der Waals surface area contributed by atoms with E-state index in [9.17, 15) is 14.7 Å². The summed E-state index contributed by atoms with van der Waals surface area (Å²) >= 11 is 9.17. The highest BCUT2D eigenvalue weighted by molar-refractivity contribution is 9.10. The van der Waals surface area contributed by atoms with Gasteiger partial charge in [0.15, 0.2) is 0 Å². The van der Waals surface area contributed by atoms with Gasteiger partial charge in [0.05, 0.1) is 5.02 Å². The van der Waals surface area contributed by atoms with Crippen molar-refractivity contribution in [3.8, 4) is 0 Å². The predicted molar refractivity (Wildman–Crippen MR) is 82.3 cm³/mol. The highest BCUT2D eigenvalue weighted by Gasteiger charge is 2.36. The van der Waals surface area contributed by atoms with E-state index >= 15 is 0 Å². The number of aliphatic carboxylic acids is 1. The Morgan fingerprint density at radius 1 is 1.35 bits per heavy atom. The van der Waals surface area contributed by atoms with E-state index in [4.69, 9.17) is 11.6 Å². The van der Waals surface area contributed by atoms with Crippen molar-refractivity contribution in [2.45, 2.75) is 32.2 Å². The predicted octanol–water partition coefficient (Wildman–Crippen LogP) is 3.87. The van der Waals surface area contributed by atoms with Crippen LogP contribution in [-0.4, -0.2) is 22.6 Å². The van der Waals surface area contributed by atoms with Gasteiger partial charge < -0.3 is 15.7 Å². The summed E-state index contributed by atoms with van der Waals surface area (Å²) in [6, 6.07) is 4.36. The van der Waals surface area contributed by atoms with Crippen molar-refractivity contribution in [1.29, 1.82) is 0 Å². The van der Waals surface area contributed by atoms with Gasteiger partial charge in [0.1, 0.15) is 5.54 Å². The van der Waals surface area contributed by atoms with Crippen LogP contribution in [0.2, 0.25) is 5.02 Å². The topological polar surface area (TPSA) is 78.4 Å². The molecule has 0 radical (unpaired) electrons. The molecule has 1 rings (SSSR count). The SMILES string of the molecule is CCC(CC)(NC(=O)Nc1ccc(Br)c(Cl)c1)C(=O)O. The smallest absolute Gasteiger partial charge is 0.329 e. The maximum Gasteiger partial charge on any atom is 0.329 e. The quantitative estimate of drug-likeness (QED) is 0.743.